The monoisotopic (exact) mass is 257 g/mol. The number of rotatable bonds is 1. The van der Waals surface area contributed by atoms with Gasteiger partial charge in [0.1, 0.15) is 5.15 Å². The quantitative estimate of drug-likeness (QED) is 0.783. The van der Waals surface area contributed by atoms with Crippen molar-refractivity contribution >= 4 is 28.9 Å². The van der Waals surface area contributed by atoms with Gasteiger partial charge in [0.25, 0.3) is 0 Å². The molecule has 0 aliphatic carbocycles. The number of pyridine rings is 1. The standard InChI is InChI=1S/C11H13Cl2N3/c12-10-3-9(5-15-11(10)13)16-6-7-1-2-8(16)4-14-7/h3,5,7-8,14H,1-2,4,6H2/t7-,8-/m0/s1. The number of piperidine rings is 2. The van der Waals surface area contributed by atoms with Crippen LogP contribution in [-0.4, -0.2) is 30.2 Å². The summed E-state index contributed by atoms with van der Waals surface area (Å²) in [7, 11) is 0. The lowest BCUT2D eigenvalue weighted by molar-refractivity contribution is 0.290. The molecule has 0 amide bonds. The minimum atomic E-state index is 0.380. The Bertz CT molecular complexity index is 402. The minimum Gasteiger partial charge on any atom is -0.364 e. The molecule has 1 N–H and O–H groups in total. The highest BCUT2D eigenvalue weighted by atomic mass is 35.5. The molecular weight excluding hydrogens is 245 g/mol. The van der Waals surface area contributed by atoms with Crippen molar-refractivity contribution in [1.82, 2.24) is 10.3 Å². The van der Waals surface area contributed by atoms with Crippen LogP contribution in [0.15, 0.2) is 12.3 Å². The van der Waals surface area contributed by atoms with Gasteiger partial charge in [-0.05, 0) is 18.9 Å². The van der Waals surface area contributed by atoms with E-state index in [0.29, 0.717) is 22.3 Å². The second kappa shape index (κ2) is 4.06. The van der Waals surface area contributed by atoms with Crippen LogP contribution in [0.3, 0.4) is 0 Å². The van der Waals surface area contributed by atoms with Crippen molar-refractivity contribution in [2.75, 3.05) is 18.0 Å². The summed E-state index contributed by atoms with van der Waals surface area (Å²) in [6, 6.07) is 3.10. The molecule has 16 heavy (non-hydrogen) atoms. The summed E-state index contributed by atoms with van der Waals surface area (Å²) >= 11 is 11.8. The fourth-order valence-corrected chi connectivity index (χ4v) is 2.86. The first-order chi connectivity index (χ1) is 7.74. The molecule has 2 bridgehead atoms. The molecule has 0 spiro atoms. The lowest BCUT2D eigenvalue weighted by Crippen LogP contribution is -2.61. The number of anilines is 1. The number of nitrogens with one attached hydrogen (secondary N) is 1. The maximum Gasteiger partial charge on any atom is 0.147 e. The molecule has 1 aromatic heterocycles. The second-order valence-corrected chi connectivity index (χ2v) is 5.22. The molecule has 0 aromatic carbocycles. The number of aromatic nitrogens is 1. The smallest absolute Gasteiger partial charge is 0.147 e. The SMILES string of the molecule is Clc1cc(N2C[C@@H]3CC[C@H]2CN3)cnc1Cl. The first-order valence-electron chi connectivity index (χ1n) is 5.55. The van der Waals surface area contributed by atoms with Gasteiger partial charge in [-0.15, -0.1) is 0 Å². The molecule has 3 aliphatic heterocycles. The predicted octanol–water partition coefficient (Wildman–Crippen LogP) is 2.33. The first kappa shape index (κ1) is 10.6. The van der Waals surface area contributed by atoms with Gasteiger partial charge in [0.05, 0.1) is 16.9 Å². The Hall–Kier alpha value is -0.510. The van der Waals surface area contributed by atoms with Gasteiger partial charge in [-0.1, -0.05) is 23.2 Å². The van der Waals surface area contributed by atoms with Gasteiger partial charge in [-0.25, -0.2) is 4.98 Å². The second-order valence-electron chi connectivity index (χ2n) is 4.45. The van der Waals surface area contributed by atoms with Gasteiger partial charge in [-0.3, -0.25) is 0 Å². The van der Waals surface area contributed by atoms with E-state index in [4.69, 9.17) is 23.2 Å². The van der Waals surface area contributed by atoms with Gasteiger partial charge in [0, 0.05) is 25.2 Å². The minimum absolute atomic E-state index is 0.380. The molecular formula is C11H13Cl2N3. The Kier molecular flexibility index (Phi) is 2.70. The van der Waals surface area contributed by atoms with E-state index in [0.717, 1.165) is 18.8 Å². The highest BCUT2D eigenvalue weighted by Crippen LogP contribution is 2.31. The maximum absolute atomic E-state index is 6.00. The summed E-state index contributed by atoms with van der Waals surface area (Å²) in [5.41, 5.74) is 1.09. The summed E-state index contributed by atoms with van der Waals surface area (Å²) < 4.78 is 0. The summed E-state index contributed by atoms with van der Waals surface area (Å²) in [4.78, 5) is 6.50. The zero-order valence-corrected chi connectivity index (χ0v) is 10.3. The largest absolute Gasteiger partial charge is 0.364 e. The molecule has 0 radical (unpaired) electrons. The van der Waals surface area contributed by atoms with Crippen LogP contribution in [0.5, 0.6) is 0 Å². The third-order valence-electron chi connectivity index (χ3n) is 3.46. The van der Waals surface area contributed by atoms with Crippen molar-refractivity contribution in [2.24, 2.45) is 0 Å². The van der Waals surface area contributed by atoms with E-state index in [-0.39, 0.29) is 0 Å². The van der Waals surface area contributed by atoms with E-state index in [9.17, 15) is 0 Å². The van der Waals surface area contributed by atoms with Crippen LogP contribution < -0.4 is 10.2 Å². The topological polar surface area (TPSA) is 28.2 Å². The lowest BCUT2D eigenvalue weighted by atomic mass is 9.93. The summed E-state index contributed by atoms with van der Waals surface area (Å²) in [6.07, 6.45) is 4.34. The van der Waals surface area contributed by atoms with E-state index in [2.05, 4.69) is 15.2 Å². The van der Waals surface area contributed by atoms with Crippen LogP contribution in [0.25, 0.3) is 0 Å². The molecule has 2 atom stereocenters. The molecule has 4 heterocycles. The van der Waals surface area contributed by atoms with Gasteiger partial charge in [-0.2, -0.15) is 0 Å². The Labute approximate surface area is 105 Å². The van der Waals surface area contributed by atoms with E-state index < -0.39 is 0 Å². The number of hydrogen-bond acceptors (Lipinski definition) is 3. The lowest BCUT2D eigenvalue weighted by Gasteiger charge is -2.47. The third-order valence-corrected chi connectivity index (χ3v) is 4.15. The van der Waals surface area contributed by atoms with E-state index in [1.165, 1.54) is 12.8 Å². The number of halogens is 2. The van der Waals surface area contributed by atoms with Gasteiger partial charge in [0.2, 0.25) is 0 Å². The third kappa shape index (κ3) is 1.77. The predicted molar refractivity (Wildman–Crippen MR) is 66.4 cm³/mol. The molecule has 0 saturated carbocycles. The van der Waals surface area contributed by atoms with Crippen molar-refractivity contribution < 1.29 is 0 Å². The van der Waals surface area contributed by atoms with Gasteiger partial charge < -0.3 is 10.2 Å². The van der Waals surface area contributed by atoms with Crippen LogP contribution in [0, 0.1) is 0 Å². The normalized spacial score (nSPS) is 28.5. The van der Waals surface area contributed by atoms with Gasteiger partial charge in [0.15, 0.2) is 0 Å². The number of nitrogens with zero attached hydrogens (tertiary/aromatic N) is 2. The average Bonchev–Trinajstić information content (AvgIpc) is 2.34. The van der Waals surface area contributed by atoms with Crippen molar-refractivity contribution in [1.29, 1.82) is 0 Å². The number of fused-ring (bicyclic) bond motifs is 3. The number of piperazine rings is 1. The van der Waals surface area contributed by atoms with Crippen LogP contribution in [0.2, 0.25) is 10.2 Å². The van der Waals surface area contributed by atoms with E-state index in [1.807, 2.05) is 12.3 Å². The fraction of sp³-hybridized carbons (Fsp3) is 0.545. The fourth-order valence-electron chi connectivity index (χ4n) is 2.59. The average molecular weight is 258 g/mol. The van der Waals surface area contributed by atoms with Crippen LogP contribution in [0.4, 0.5) is 5.69 Å². The van der Waals surface area contributed by atoms with Gasteiger partial charge >= 0.3 is 0 Å². The first-order valence-corrected chi connectivity index (χ1v) is 6.30. The molecule has 4 rings (SSSR count). The summed E-state index contributed by atoms with van der Waals surface area (Å²) in [6.45, 7) is 2.11. The molecule has 3 aliphatic rings. The molecule has 3 fully saturated rings. The molecule has 5 heteroatoms. The highest BCUT2D eigenvalue weighted by Gasteiger charge is 2.33. The van der Waals surface area contributed by atoms with Crippen LogP contribution in [0.1, 0.15) is 12.8 Å². The summed E-state index contributed by atoms with van der Waals surface area (Å²) in [5, 5.41) is 4.44. The summed E-state index contributed by atoms with van der Waals surface area (Å²) in [5.74, 6) is 0. The molecule has 1 aromatic rings. The van der Waals surface area contributed by atoms with E-state index in [1.54, 1.807) is 0 Å². The Morgan fingerprint density at radius 2 is 2.25 bits per heavy atom. The number of hydrogen-bond donors (Lipinski definition) is 1. The van der Waals surface area contributed by atoms with Crippen molar-refractivity contribution in [3.8, 4) is 0 Å². The zero-order valence-electron chi connectivity index (χ0n) is 8.79. The van der Waals surface area contributed by atoms with Crippen LogP contribution >= 0.6 is 23.2 Å². The molecule has 86 valence electrons. The van der Waals surface area contributed by atoms with Crippen LogP contribution in [-0.2, 0) is 0 Å². The zero-order chi connectivity index (χ0) is 11.1. The molecule has 3 saturated heterocycles. The van der Waals surface area contributed by atoms with Crippen molar-refractivity contribution in [3.05, 3.63) is 22.4 Å². The van der Waals surface area contributed by atoms with Crippen molar-refractivity contribution in [3.63, 3.8) is 0 Å². The van der Waals surface area contributed by atoms with E-state index >= 15 is 0 Å². The maximum atomic E-state index is 6.00. The Morgan fingerprint density at radius 3 is 2.81 bits per heavy atom. The molecule has 3 nitrogen and oxygen atoms in total. The Morgan fingerprint density at radius 1 is 1.38 bits per heavy atom. The molecule has 0 unspecified atom stereocenters. The van der Waals surface area contributed by atoms with Crippen molar-refractivity contribution in [2.45, 2.75) is 24.9 Å². The highest BCUT2D eigenvalue weighted by molar-refractivity contribution is 6.41. The Balaban J connectivity index is 1.89.